The number of nitrogens with one attached hydrogen (secondary N) is 1. The Morgan fingerprint density at radius 3 is 3.00 bits per heavy atom. The van der Waals surface area contributed by atoms with E-state index in [0.717, 1.165) is 35.2 Å². The highest BCUT2D eigenvalue weighted by Crippen LogP contribution is 2.17. The van der Waals surface area contributed by atoms with Crippen LogP contribution in [0.15, 0.2) is 22.8 Å². The SMILES string of the molecule is CCc1nnc(NC(C)CCc2ccco2)s1. The molecule has 0 aliphatic carbocycles. The van der Waals surface area contributed by atoms with Gasteiger partial charge >= 0.3 is 0 Å². The first-order chi connectivity index (χ1) is 8.28. The second-order valence-corrected chi connectivity index (χ2v) is 5.08. The fourth-order valence-corrected chi connectivity index (χ4v) is 2.34. The molecule has 4 nitrogen and oxygen atoms in total. The van der Waals surface area contributed by atoms with E-state index in [9.17, 15) is 0 Å². The molecule has 0 radical (unpaired) electrons. The van der Waals surface area contributed by atoms with Gasteiger partial charge in [-0.1, -0.05) is 18.3 Å². The number of rotatable bonds is 6. The van der Waals surface area contributed by atoms with Crippen LogP contribution in [-0.2, 0) is 12.8 Å². The highest BCUT2D eigenvalue weighted by Gasteiger charge is 2.07. The summed E-state index contributed by atoms with van der Waals surface area (Å²) in [5.74, 6) is 1.03. The van der Waals surface area contributed by atoms with Crippen molar-refractivity contribution in [3.63, 3.8) is 0 Å². The summed E-state index contributed by atoms with van der Waals surface area (Å²) < 4.78 is 5.30. The molecule has 0 amide bonds. The van der Waals surface area contributed by atoms with Gasteiger partial charge in [-0.15, -0.1) is 10.2 Å². The zero-order valence-corrected chi connectivity index (χ0v) is 11.0. The van der Waals surface area contributed by atoms with Gasteiger partial charge in [-0.05, 0) is 31.9 Å². The molecule has 0 bridgehead atoms. The van der Waals surface area contributed by atoms with Crippen LogP contribution in [0.4, 0.5) is 5.13 Å². The number of furan rings is 1. The minimum absolute atomic E-state index is 0.373. The van der Waals surface area contributed by atoms with Crippen LogP contribution in [0, 0.1) is 0 Å². The fraction of sp³-hybridized carbons (Fsp3) is 0.500. The van der Waals surface area contributed by atoms with Crippen LogP contribution in [-0.4, -0.2) is 16.2 Å². The Kier molecular flexibility index (Phi) is 4.14. The lowest BCUT2D eigenvalue weighted by molar-refractivity contribution is 0.495. The topological polar surface area (TPSA) is 51.0 Å². The molecule has 2 aromatic heterocycles. The summed E-state index contributed by atoms with van der Waals surface area (Å²) in [7, 11) is 0. The highest BCUT2D eigenvalue weighted by atomic mass is 32.1. The first-order valence-electron chi connectivity index (χ1n) is 5.89. The minimum Gasteiger partial charge on any atom is -0.469 e. The van der Waals surface area contributed by atoms with Crippen LogP contribution in [0.1, 0.15) is 31.0 Å². The van der Waals surface area contributed by atoms with Crippen LogP contribution in [0.3, 0.4) is 0 Å². The van der Waals surface area contributed by atoms with Crippen LogP contribution >= 0.6 is 11.3 Å². The minimum atomic E-state index is 0.373. The summed E-state index contributed by atoms with van der Waals surface area (Å²) in [6, 6.07) is 4.30. The van der Waals surface area contributed by atoms with Gasteiger partial charge in [0.05, 0.1) is 6.26 Å². The van der Waals surface area contributed by atoms with Crippen molar-refractivity contribution in [2.45, 2.75) is 39.2 Å². The Bertz CT molecular complexity index is 438. The summed E-state index contributed by atoms with van der Waals surface area (Å²) in [4.78, 5) is 0. The van der Waals surface area contributed by atoms with Gasteiger partial charge in [-0.25, -0.2) is 0 Å². The first kappa shape index (κ1) is 12.1. The third kappa shape index (κ3) is 3.56. The smallest absolute Gasteiger partial charge is 0.205 e. The molecule has 0 saturated carbocycles. The van der Waals surface area contributed by atoms with E-state index in [1.807, 2.05) is 12.1 Å². The van der Waals surface area contributed by atoms with Crippen molar-refractivity contribution in [2.24, 2.45) is 0 Å². The predicted molar refractivity (Wildman–Crippen MR) is 69.4 cm³/mol. The van der Waals surface area contributed by atoms with Crippen molar-refractivity contribution in [1.82, 2.24) is 10.2 Å². The van der Waals surface area contributed by atoms with E-state index >= 15 is 0 Å². The van der Waals surface area contributed by atoms with Crippen molar-refractivity contribution in [3.8, 4) is 0 Å². The predicted octanol–water partition coefficient (Wildman–Crippen LogP) is 3.13. The zero-order valence-electron chi connectivity index (χ0n) is 10.1. The number of hydrogen-bond acceptors (Lipinski definition) is 5. The van der Waals surface area contributed by atoms with Crippen molar-refractivity contribution >= 4 is 16.5 Å². The number of aromatic nitrogens is 2. The summed E-state index contributed by atoms with van der Waals surface area (Å²) in [6.07, 6.45) is 4.63. The number of hydrogen-bond donors (Lipinski definition) is 1. The lowest BCUT2D eigenvalue weighted by Gasteiger charge is -2.10. The molecular weight excluding hydrogens is 234 g/mol. The van der Waals surface area contributed by atoms with Gasteiger partial charge in [0.25, 0.3) is 0 Å². The van der Waals surface area contributed by atoms with Crippen LogP contribution in [0.25, 0.3) is 0 Å². The van der Waals surface area contributed by atoms with Gasteiger partial charge in [0.15, 0.2) is 0 Å². The molecule has 0 aliphatic heterocycles. The quantitative estimate of drug-likeness (QED) is 0.857. The van der Waals surface area contributed by atoms with E-state index in [2.05, 4.69) is 29.4 Å². The molecule has 5 heteroatoms. The molecular formula is C12H17N3OS. The van der Waals surface area contributed by atoms with Gasteiger partial charge in [-0.2, -0.15) is 0 Å². The average molecular weight is 251 g/mol. The van der Waals surface area contributed by atoms with Crippen molar-refractivity contribution in [2.75, 3.05) is 5.32 Å². The van der Waals surface area contributed by atoms with Crippen LogP contribution in [0.2, 0.25) is 0 Å². The maximum atomic E-state index is 5.30. The van der Waals surface area contributed by atoms with Gasteiger partial charge in [0, 0.05) is 12.5 Å². The van der Waals surface area contributed by atoms with E-state index < -0.39 is 0 Å². The Morgan fingerprint density at radius 2 is 2.35 bits per heavy atom. The standard InChI is InChI=1S/C12H17N3OS/c1-3-11-14-15-12(17-11)13-9(2)6-7-10-5-4-8-16-10/h4-5,8-9H,3,6-7H2,1-2H3,(H,13,15). The highest BCUT2D eigenvalue weighted by molar-refractivity contribution is 7.15. The number of aryl methyl sites for hydroxylation is 2. The summed E-state index contributed by atoms with van der Waals surface area (Å²) in [5, 5.41) is 13.5. The Hall–Kier alpha value is -1.36. The van der Waals surface area contributed by atoms with Crippen LogP contribution < -0.4 is 5.32 Å². The molecule has 0 aliphatic rings. The van der Waals surface area contributed by atoms with Gasteiger partial charge in [0.1, 0.15) is 10.8 Å². The third-order valence-electron chi connectivity index (χ3n) is 2.54. The molecule has 92 valence electrons. The summed E-state index contributed by atoms with van der Waals surface area (Å²) >= 11 is 1.63. The average Bonchev–Trinajstić information content (AvgIpc) is 2.97. The normalized spacial score (nSPS) is 12.6. The number of nitrogens with zero attached hydrogens (tertiary/aromatic N) is 2. The molecule has 0 fully saturated rings. The monoisotopic (exact) mass is 251 g/mol. The molecule has 0 spiro atoms. The Morgan fingerprint density at radius 1 is 1.47 bits per heavy atom. The Labute approximate surface area is 105 Å². The van der Waals surface area contributed by atoms with Crippen molar-refractivity contribution in [1.29, 1.82) is 0 Å². The largest absolute Gasteiger partial charge is 0.469 e. The van der Waals surface area contributed by atoms with E-state index in [-0.39, 0.29) is 0 Å². The van der Waals surface area contributed by atoms with Crippen molar-refractivity contribution < 1.29 is 4.42 Å². The molecule has 1 N–H and O–H groups in total. The third-order valence-corrected chi connectivity index (χ3v) is 3.54. The van der Waals surface area contributed by atoms with Gasteiger partial charge in [-0.3, -0.25) is 0 Å². The molecule has 17 heavy (non-hydrogen) atoms. The molecule has 1 unspecified atom stereocenters. The van der Waals surface area contributed by atoms with Gasteiger partial charge < -0.3 is 9.73 Å². The summed E-state index contributed by atoms with van der Waals surface area (Å²) in [6.45, 7) is 4.24. The summed E-state index contributed by atoms with van der Waals surface area (Å²) in [5.41, 5.74) is 0. The fourth-order valence-electron chi connectivity index (χ4n) is 1.55. The molecule has 1 atom stereocenters. The maximum absolute atomic E-state index is 5.30. The molecule has 2 heterocycles. The molecule has 0 saturated heterocycles. The maximum Gasteiger partial charge on any atom is 0.205 e. The van der Waals surface area contributed by atoms with E-state index in [1.54, 1.807) is 17.6 Å². The molecule has 2 rings (SSSR count). The van der Waals surface area contributed by atoms with Crippen molar-refractivity contribution in [3.05, 3.63) is 29.2 Å². The lowest BCUT2D eigenvalue weighted by atomic mass is 10.1. The molecule has 2 aromatic rings. The lowest BCUT2D eigenvalue weighted by Crippen LogP contribution is -2.15. The van der Waals surface area contributed by atoms with E-state index in [0.29, 0.717) is 6.04 Å². The molecule has 0 aromatic carbocycles. The first-order valence-corrected chi connectivity index (χ1v) is 6.71. The Balaban J connectivity index is 1.78. The van der Waals surface area contributed by atoms with Gasteiger partial charge in [0.2, 0.25) is 5.13 Å². The zero-order chi connectivity index (χ0) is 12.1. The second kappa shape index (κ2) is 5.82. The van der Waals surface area contributed by atoms with E-state index in [4.69, 9.17) is 4.42 Å². The number of anilines is 1. The second-order valence-electron chi connectivity index (χ2n) is 4.02. The van der Waals surface area contributed by atoms with E-state index in [1.165, 1.54) is 0 Å². The van der Waals surface area contributed by atoms with Crippen LogP contribution in [0.5, 0.6) is 0 Å².